The van der Waals surface area contributed by atoms with Crippen LogP contribution in [-0.4, -0.2) is 18.2 Å². The number of hydrogen-bond donors (Lipinski definition) is 1. The van der Waals surface area contributed by atoms with Gasteiger partial charge in [-0.05, 0) is 42.9 Å². The largest absolute Gasteiger partial charge is 0.496 e. The molecule has 0 heterocycles. The van der Waals surface area contributed by atoms with Crippen LogP contribution in [0.2, 0.25) is 0 Å². The monoisotopic (exact) mass is 250 g/mol. The Kier molecular flexibility index (Phi) is 5.20. The predicted octanol–water partition coefficient (Wildman–Crippen LogP) is 3.29. The number of rotatable bonds is 6. The van der Waals surface area contributed by atoms with Gasteiger partial charge in [0.1, 0.15) is 5.75 Å². The Morgan fingerprint density at radius 1 is 1.39 bits per heavy atom. The number of carboxylic acid groups (broad SMARTS) is 1. The van der Waals surface area contributed by atoms with E-state index in [1.807, 2.05) is 25.1 Å². The van der Waals surface area contributed by atoms with E-state index < -0.39 is 5.97 Å². The molecule has 0 aromatic heterocycles. The van der Waals surface area contributed by atoms with Gasteiger partial charge in [-0.2, -0.15) is 0 Å². The second kappa shape index (κ2) is 6.43. The van der Waals surface area contributed by atoms with Crippen LogP contribution in [0.1, 0.15) is 31.4 Å². The van der Waals surface area contributed by atoms with Gasteiger partial charge in [0.15, 0.2) is 0 Å². The molecule has 0 aliphatic heterocycles. The molecule has 0 bridgehead atoms. The summed E-state index contributed by atoms with van der Waals surface area (Å²) in [5.41, 5.74) is 2.10. The van der Waals surface area contributed by atoms with Gasteiger partial charge in [-0.3, -0.25) is 4.79 Å². The molecule has 1 aromatic carbocycles. The van der Waals surface area contributed by atoms with Crippen LogP contribution in [0.25, 0.3) is 0 Å². The molecular formula is C15H22O3. The van der Waals surface area contributed by atoms with Crippen molar-refractivity contribution >= 4 is 5.97 Å². The highest BCUT2D eigenvalue weighted by molar-refractivity contribution is 5.70. The van der Waals surface area contributed by atoms with Gasteiger partial charge in [-0.25, -0.2) is 0 Å². The first-order chi connectivity index (χ1) is 8.43. The first kappa shape index (κ1) is 14.6. The first-order valence-corrected chi connectivity index (χ1v) is 6.30. The molecule has 0 saturated heterocycles. The number of ether oxygens (including phenoxy) is 1. The summed E-state index contributed by atoms with van der Waals surface area (Å²) in [5.74, 6) is 0.217. The van der Waals surface area contributed by atoms with Crippen LogP contribution in [0.5, 0.6) is 5.75 Å². The second-order valence-electron chi connectivity index (χ2n) is 5.17. The number of aliphatic carboxylic acids is 1. The zero-order valence-corrected chi connectivity index (χ0v) is 11.6. The lowest BCUT2D eigenvalue weighted by molar-refractivity contribution is -0.142. The van der Waals surface area contributed by atoms with E-state index in [0.717, 1.165) is 16.9 Å². The van der Waals surface area contributed by atoms with Gasteiger partial charge >= 0.3 is 5.97 Å². The zero-order chi connectivity index (χ0) is 13.7. The van der Waals surface area contributed by atoms with Gasteiger partial charge in [0.05, 0.1) is 13.0 Å². The molecule has 0 aliphatic carbocycles. The minimum absolute atomic E-state index is 0.308. The highest BCUT2D eigenvalue weighted by Crippen LogP contribution is 2.22. The maximum absolute atomic E-state index is 11.2. The molecule has 3 nitrogen and oxygen atoms in total. The molecule has 0 aliphatic rings. The fourth-order valence-corrected chi connectivity index (χ4v) is 2.19. The van der Waals surface area contributed by atoms with E-state index in [-0.39, 0.29) is 5.92 Å². The van der Waals surface area contributed by atoms with E-state index in [2.05, 4.69) is 13.8 Å². The summed E-state index contributed by atoms with van der Waals surface area (Å²) in [4.78, 5) is 11.2. The third kappa shape index (κ3) is 4.06. The van der Waals surface area contributed by atoms with Crippen LogP contribution < -0.4 is 4.74 Å². The van der Waals surface area contributed by atoms with Crippen molar-refractivity contribution < 1.29 is 14.6 Å². The molecule has 0 fully saturated rings. The maximum atomic E-state index is 11.2. The fourth-order valence-electron chi connectivity index (χ4n) is 2.19. The average molecular weight is 250 g/mol. The Morgan fingerprint density at radius 3 is 2.50 bits per heavy atom. The lowest BCUT2D eigenvalue weighted by atomic mass is 9.90. The average Bonchev–Trinajstić information content (AvgIpc) is 2.27. The van der Waals surface area contributed by atoms with Crippen molar-refractivity contribution in [3.8, 4) is 5.75 Å². The van der Waals surface area contributed by atoms with Crippen LogP contribution in [-0.2, 0) is 11.2 Å². The summed E-state index contributed by atoms with van der Waals surface area (Å²) in [7, 11) is 1.64. The van der Waals surface area contributed by atoms with Crippen LogP contribution in [0.3, 0.4) is 0 Å². The van der Waals surface area contributed by atoms with E-state index in [1.54, 1.807) is 7.11 Å². The van der Waals surface area contributed by atoms with Gasteiger partial charge < -0.3 is 9.84 Å². The highest BCUT2D eigenvalue weighted by atomic mass is 16.5. The fraction of sp³-hybridized carbons (Fsp3) is 0.533. The molecule has 0 saturated carbocycles. The standard InChI is InChI=1S/C15H22O3/c1-10(2)7-13(15(16)17)9-12-5-6-14(18-4)11(3)8-12/h5-6,8,10,13H,7,9H2,1-4H3,(H,16,17). The van der Waals surface area contributed by atoms with E-state index in [1.165, 1.54) is 0 Å². The van der Waals surface area contributed by atoms with Crippen LogP contribution >= 0.6 is 0 Å². The summed E-state index contributed by atoms with van der Waals surface area (Å²) >= 11 is 0. The van der Waals surface area contributed by atoms with Gasteiger partial charge in [0.2, 0.25) is 0 Å². The number of carboxylic acids is 1. The molecule has 3 heteroatoms. The first-order valence-electron chi connectivity index (χ1n) is 6.30. The third-order valence-corrected chi connectivity index (χ3v) is 3.05. The molecular weight excluding hydrogens is 228 g/mol. The lowest BCUT2D eigenvalue weighted by Crippen LogP contribution is -2.18. The van der Waals surface area contributed by atoms with Crippen molar-refractivity contribution in [2.24, 2.45) is 11.8 Å². The molecule has 1 aromatic rings. The molecule has 1 atom stereocenters. The van der Waals surface area contributed by atoms with Crippen LogP contribution in [0, 0.1) is 18.8 Å². The Labute approximate surface area is 109 Å². The maximum Gasteiger partial charge on any atom is 0.306 e. The van der Waals surface area contributed by atoms with Gasteiger partial charge in [-0.1, -0.05) is 26.0 Å². The Bertz CT molecular complexity index is 410. The number of benzene rings is 1. The summed E-state index contributed by atoms with van der Waals surface area (Å²) in [6.45, 7) is 6.07. The molecule has 0 spiro atoms. The Balaban J connectivity index is 2.81. The van der Waals surface area contributed by atoms with Crippen molar-refractivity contribution in [2.45, 2.75) is 33.6 Å². The summed E-state index contributed by atoms with van der Waals surface area (Å²) in [6.07, 6.45) is 1.29. The van der Waals surface area contributed by atoms with E-state index >= 15 is 0 Å². The number of aryl methyl sites for hydroxylation is 1. The smallest absolute Gasteiger partial charge is 0.306 e. The molecule has 0 radical (unpaired) electrons. The quantitative estimate of drug-likeness (QED) is 0.842. The van der Waals surface area contributed by atoms with Crippen molar-refractivity contribution in [2.75, 3.05) is 7.11 Å². The summed E-state index contributed by atoms with van der Waals surface area (Å²) < 4.78 is 5.20. The lowest BCUT2D eigenvalue weighted by Gasteiger charge is -2.15. The van der Waals surface area contributed by atoms with Gasteiger partial charge in [-0.15, -0.1) is 0 Å². The molecule has 0 amide bonds. The Morgan fingerprint density at radius 2 is 2.06 bits per heavy atom. The summed E-state index contributed by atoms with van der Waals surface area (Å²) in [6, 6.07) is 5.86. The Hall–Kier alpha value is -1.51. The predicted molar refractivity (Wildman–Crippen MR) is 72.0 cm³/mol. The van der Waals surface area contributed by atoms with Crippen molar-refractivity contribution in [1.29, 1.82) is 0 Å². The second-order valence-corrected chi connectivity index (χ2v) is 5.17. The topological polar surface area (TPSA) is 46.5 Å². The molecule has 100 valence electrons. The van der Waals surface area contributed by atoms with Crippen LogP contribution in [0.4, 0.5) is 0 Å². The van der Waals surface area contributed by atoms with Gasteiger partial charge in [0.25, 0.3) is 0 Å². The van der Waals surface area contributed by atoms with Crippen molar-refractivity contribution in [1.82, 2.24) is 0 Å². The highest BCUT2D eigenvalue weighted by Gasteiger charge is 2.19. The number of methoxy groups -OCH3 is 1. The SMILES string of the molecule is COc1ccc(CC(CC(C)C)C(=O)O)cc1C. The third-order valence-electron chi connectivity index (χ3n) is 3.05. The summed E-state index contributed by atoms with van der Waals surface area (Å²) in [5, 5.41) is 9.23. The normalized spacial score (nSPS) is 12.5. The minimum Gasteiger partial charge on any atom is -0.496 e. The molecule has 18 heavy (non-hydrogen) atoms. The van der Waals surface area contributed by atoms with Crippen molar-refractivity contribution in [3.05, 3.63) is 29.3 Å². The number of carbonyl (C=O) groups is 1. The van der Waals surface area contributed by atoms with E-state index in [9.17, 15) is 9.90 Å². The van der Waals surface area contributed by atoms with E-state index in [0.29, 0.717) is 18.8 Å². The molecule has 1 unspecified atom stereocenters. The van der Waals surface area contributed by atoms with Gasteiger partial charge in [0, 0.05) is 0 Å². The zero-order valence-electron chi connectivity index (χ0n) is 11.6. The van der Waals surface area contributed by atoms with Crippen LogP contribution in [0.15, 0.2) is 18.2 Å². The van der Waals surface area contributed by atoms with Crippen molar-refractivity contribution in [3.63, 3.8) is 0 Å². The molecule has 1 N–H and O–H groups in total. The minimum atomic E-state index is -0.711. The van der Waals surface area contributed by atoms with E-state index in [4.69, 9.17) is 4.74 Å². The number of hydrogen-bond acceptors (Lipinski definition) is 2. The molecule has 1 rings (SSSR count).